The number of aliphatic carboxylic acids is 1. The van der Waals surface area contributed by atoms with Gasteiger partial charge in [-0.25, -0.2) is 4.79 Å². The second kappa shape index (κ2) is 12.4. The number of ether oxygens (including phenoxy) is 2. The van der Waals surface area contributed by atoms with Crippen molar-refractivity contribution in [3.8, 4) is 0 Å². The third kappa shape index (κ3) is 5.52. The zero-order valence-corrected chi connectivity index (χ0v) is 32.2. The molecule has 5 aliphatic carbocycles. The number of hydrogen-bond acceptors (Lipinski definition) is 5. The van der Waals surface area contributed by atoms with Gasteiger partial charge >= 0.3 is 17.9 Å². The smallest absolute Gasteiger partial charge is 0.338 e. The minimum absolute atomic E-state index is 0.00179. The monoisotopic (exact) mass is 686 g/mol. The maximum absolute atomic E-state index is 13.2. The van der Waals surface area contributed by atoms with Crippen LogP contribution >= 0.6 is 0 Å². The molecule has 1 N–H and O–H groups in total. The van der Waals surface area contributed by atoms with Crippen LogP contribution in [-0.4, -0.2) is 35.2 Å². The molecule has 4 fully saturated rings. The summed E-state index contributed by atoms with van der Waals surface area (Å²) in [6.45, 7) is 24.8. The van der Waals surface area contributed by atoms with Crippen molar-refractivity contribution in [3.05, 3.63) is 53.6 Å². The molecule has 4 saturated carbocycles. The van der Waals surface area contributed by atoms with Crippen LogP contribution in [-0.2, 0) is 19.1 Å². The number of hydrogen-bond donors (Lipinski definition) is 1. The Morgan fingerprint density at radius 1 is 0.880 bits per heavy atom. The van der Waals surface area contributed by atoms with E-state index in [0.717, 1.165) is 50.5 Å². The molecule has 0 spiro atoms. The Morgan fingerprint density at radius 3 is 2.18 bits per heavy atom. The van der Waals surface area contributed by atoms with Gasteiger partial charge in [0, 0.05) is 0 Å². The van der Waals surface area contributed by atoms with E-state index < -0.39 is 17.0 Å². The van der Waals surface area contributed by atoms with Crippen LogP contribution in [0.2, 0.25) is 0 Å². The summed E-state index contributed by atoms with van der Waals surface area (Å²) in [7, 11) is 0. The molecule has 6 heteroatoms. The third-order valence-corrected chi connectivity index (χ3v) is 15.5. The Hall–Kier alpha value is -2.89. The average molecular weight is 687 g/mol. The molecule has 0 aliphatic heterocycles. The fraction of sp³-hybridized carbons (Fsp3) is 0.705. The van der Waals surface area contributed by atoms with E-state index in [1.54, 1.807) is 0 Å². The van der Waals surface area contributed by atoms with Crippen LogP contribution in [0.1, 0.15) is 142 Å². The second-order valence-electron chi connectivity index (χ2n) is 19.1. The number of carbonyl (C=O) groups is 3. The van der Waals surface area contributed by atoms with E-state index in [-0.39, 0.29) is 57.8 Å². The van der Waals surface area contributed by atoms with Crippen molar-refractivity contribution >= 4 is 23.5 Å². The molecule has 9 atom stereocenters. The van der Waals surface area contributed by atoms with Gasteiger partial charge in [-0.05, 0) is 160 Å². The maximum atomic E-state index is 13.2. The Bertz CT molecular complexity index is 1580. The molecular formula is C44H62O6. The first-order valence-electron chi connectivity index (χ1n) is 19.4. The van der Waals surface area contributed by atoms with Gasteiger partial charge in [-0.2, -0.15) is 0 Å². The van der Waals surface area contributed by atoms with Gasteiger partial charge < -0.3 is 14.6 Å². The highest BCUT2D eigenvalue weighted by molar-refractivity contribution is 5.90. The summed E-state index contributed by atoms with van der Waals surface area (Å²) in [4.78, 5) is 38.5. The summed E-state index contributed by atoms with van der Waals surface area (Å²) >= 11 is 0. The molecule has 0 amide bonds. The SMILES string of the molecule is C=C(CC(=O)OCC)[C@@H]1CC[C@]2(C(=O)O)CC[C@]3(C)[C@H](CC[C@@H]4[C@@]5(C)CC=C(c6ccc(C(=O)OC(C)(C)C)cc6)C(C)(C)[C@@H]5CC[C@]43C)[C@@H]12. The van der Waals surface area contributed by atoms with E-state index in [1.165, 1.54) is 11.1 Å². The van der Waals surface area contributed by atoms with Crippen molar-refractivity contribution in [3.63, 3.8) is 0 Å². The molecule has 0 radical (unpaired) electrons. The van der Waals surface area contributed by atoms with Gasteiger partial charge in [-0.1, -0.05) is 65.0 Å². The first kappa shape index (κ1) is 36.9. The predicted octanol–water partition coefficient (Wildman–Crippen LogP) is 10.3. The number of carboxylic acids is 1. The molecule has 0 saturated heterocycles. The molecule has 0 heterocycles. The van der Waals surface area contributed by atoms with Crippen molar-refractivity contribution in [2.45, 2.75) is 132 Å². The van der Waals surface area contributed by atoms with Crippen molar-refractivity contribution in [1.82, 2.24) is 0 Å². The van der Waals surface area contributed by atoms with Crippen LogP contribution in [0.25, 0.3) is 5.57 Å². The quantitative estimate of drug-likeness (QED) is 0.227. The van der Waals surface area contributed by atoms with Gasteiger partial charge in [0.15, 0.2) is 0 Å². The Morgan fingerprint density at radius 2 is 1.56 bits per heavy atom. The zero-order valence-electron chi connectivity index (χ0n) is 32.2. The highest BCUT2D eigenvalue weighted by Crippen LogP contribution is 2.77. The number of carboxylic acid groups (broad SMARTS) is 1. The largest absolute Gasteiger partial charge is 0.481 e. The van der Waals surface area contributed by atoms with E-state index in [2.05, 4.69) is 59.4 Å². The summed E-state index contributed by atoms with van der Waals surface area (Å²) in [5, 5.41) is 10.8. The fourth-order valence-corrected chi connectivity index (χ4v) is 13.2. The van der Waals surface area contributed by atoms with Crippen LogP contribution in [0.3, 0.4) is 0 Å². The molecule has 0 bridgehead atoms. The molecule has 5 aliphatic rings. The number of allylic oxidation sites excluding steroid dienone is 2. The van der Waals surface area contributed by atoms with Gasteiger partial charge in [0.1, 0.15) is 5.60 Å². The molecule has 274 valence electrons. The van der Waals surface area contributed by atoms with Gasteiger partial charge in [-0.15, -0.1) is 0 Å². The first-order valence-corrected chi connectivity index (χ1v) is 19.4. The third-order valence-electron chi connectivity index (χ3n) is 15.5. The number of benzene rings is 1. The van der Waals surface area contributed by atoms with Crippen molar-refractivity contribution in [2.75, 3.05) is 6.61 Å². The van der Waals surface area contributed by atoms with Crippen molar-refractivity contribution in [2.24, 2.45) is 56.7 Å². The second-order valence-corrected chi connectivity index (χ2v) is 19.1. The minimum Gasteiger partial charge on any atom is -0.481 e. The van der Waals surface area contributed by atoms with Gasteiger partial charge in [-0.3, -0.25) is 9.59 Å². The lowest BCUT2D eigenvalue weighted by Crippen LogP contribution is -2.66. The Labute approximate surface area is 300 Å². The topological polar surface area (TPSA) is 89.9 Å². The lowest BCUT2D eigenvalue weighted by Gasteiger charge is -2.72. The van der Waals surface area contributed by atoms with Gasteiger partial charge in [0.25, 0.3) is 0 Å². The van der Waals surface area contributed by atoms with Crippen LogP contribution < -0.4 is 0 Å². The van der Waals surface area contributed by atoms with Crippen LogP contribution in [0.4, 0.5) is 0 Å². The molecule has 1 aromatic rings. The van der Waals surface area contributed by atoms with Crippen LogP contribution in [0.15, 0.2) is 42.5 Å². The maximum Gasteiger partial charge on any atom is 0.338 e. The molecule has 0 unspecified atom stereocenters. The lowest BCUT2D eigenvalue weighted by atomic mass is 9.32. The molecule has 0 aromatic heterocycles. The zero-order chi connectivity index (χ0) is 36.7. The summed E-state index contributed by atoms with van der Waals surface area (Å²) in [6, 6.07) is 8.01. The van der Waals surface area contributed by atoms with E-state index in [9.17, 15) is 19.5 Å². The number of rotatable bonds is 7. The number of esters is 2. The standard InChI is InChI=1S/C44H62O6/c1-11-49-35(45)26-27(2)30-18-23-44(38(47)48)25-24-42(9)32(36(30)44)16-17-34-41(8)21-19-31(40(6,7)33(41)20-22-43(34,42)10)28-12-14-29(15-13-28)37(46)50-39(3,4)5/h12-15,19,30,32-34,36H,2,11,16-18,20-26H2,1,3-10H3,(H,47,48)/t30-,32+,33-,34+,36+,41-,42+,43+,44-/m0/s1. The first-order chi connectivity index (χ1) is 23.2. The summed E-state index contributed by atoms with van der Waals surface area (Å²) in [5.41, 5.74) is 2.89. The molecule has 6 rings (SSSR count). The summed E-state index contributed by atoms with van der Waals surface area (Å²) < 4.78 is 10.9. The Kier molecular flexibility index (Phi) is 9.12. The van der Waals surface area contributed by atoms with Crippen molar-refractivity contribution in [1.29, 1.82) is 0 Å². The molecular weight excluding hydrogens is 624 g/mol. The highest BCUT2D eigenvalue weighted by Gasteiger charge is 2.71. The predicted molar refractivity (Wildman–Crippen MR) is 197 cm³/mol. The van der Waals surface area contributed by atoms with E-state index in [4.69, 9.17) is 9.47 Å². The number of fused-ring (bicyclic) bond motifs is 7. The van der Waals surface area contributed by atoms with E-state index >= 15 is 0 Å². The van der Waals surface area contributed by atoms with Crippen LogP contribution in [0, 0.1) is 56.7 Å². The normalized spacial score (nSPS) is 38.7. The fourth-order valence-electron chi connectivity index (χ4n) is 13.2. The summed E-state index contributed by atoms with van der Waals surface area (Å²) in [5.74, 6) is 0.161. The molecule has 1 aromatic carbocycles. The highest BCUT2D eigenvalue weighted by atomic mass is 16.6. The van der Waals surface area contributed by atoms with Gasteiger partial charge in [0.05, 0.1) is 24.0 Å². The molecule has 6 nitrogen and oxygen atoms in total. The van der Waals surface area contributed by atoms with E-state index in [0.29, 0.717) is 36.8 Å². The average Bonchev–Trinajstić information content (AvgIpc) is 3.42. The van der Waals surface area contributed by atoms with Gasteiger partial charge in [0.2, 0.25) is 0 Å². The van der Waals surface area contributed by atoms with Crippen LogP contribution in [0.5, 0.6) is 0 Å². The summed E-state index contributed by atoms with van der Waals surface area (Å²) in [6.07, 6.45) is 11.2. The minimum atomic E-state index is -0.736. The molecule has 50 heavy (non-hydrogen) atoms. The van der Waals surface area contributed by atoms with Crippen molar-refractivity contribution < 1.29 is 29.0 Å². The van der Waals surface area contributed by atoms with E-state index in [1.807, 2.05) is 39.8 Å². The Balaban J connectivity index is 1.30. The lowest BCUT2D eigenvalue weighted by molar-refractivity contribution is -0.228. The number of carbonyl (C=O) groups excluding carboxylic acids is 2.